The molecule has 1 heterocycles. The number of rotatable bonds is 6. The van der Waals surface area contributed by atoms with Gasteiger partial charge in [-0.3, -0.25) is 9.10 Å². The average molecular weight is 498 g/mol. The molecule has 4 aromatic rings. The average Bonchev–Trinajstić information content (AvgIpc) is 3.13. The fraction of sp³-hybridized carbons (Fsp3) is 0.0833. The van der Waals surface area contributed by atoms with Crippen LogP contribution in [0.4, 0.5) is 5.69 Å². The van der Waals surface area contributed by atoms with E-state index >= 15 is 0 Å². The Balaban J connectivity index is 1.78. The molecule has 0 fully saturated rings. The third-order valence-corrected chi connectivity index (χ3v) is 8.39. The van der Waals surface area contributed by atoms with Gasteiger partial charge >= 0.3 is 0 Å². The molecule has 33 heavy (non-hydrogen) atoms. The Bertz CT molecular complexity index is 1520. The highest BCUT2D eigenvalue weighted by molar-refractivity contribution is 7.93. The molecule has 0 aliphatic rings. The van der Waals surface area contributed by atoms with E-state index in [4.69, 9.17) is 11.6 Å². The lowest BCUT2D eigenvalue weighted by atomic mass is 10.2. The molecule has 0 bridgehead atoms. The minimum absolute atomic E-state index is 0.0176. The number of benzene rings is 3. The van der Waals surface area contributed by atoms with Crippen molar-refractivity contribution in [2.24, 2.45) is 12.0 Å². The van der Waals surface area contributed by atoms with Crippen LogP contribution < -0.4 is 9.11 Å². The Morgan fingerprint density at radius 3 is 2.52 bits per heavy atom. The summed E-state index contributed by atoms with van der Waals surface area (Å²) >= 11 is 7.66. The zero-order valence-electron chi connectivity index (χ0n) is 17.7. The number of amides is 1. The highest BCUT2D eigenvalue weighted by Gasteiger charge is 2.27. The Morgan fingerprint density at radius 1 is 1.12 bits per heavy atom. The number of carbonyl (C=O) groups is 1. The number of carbonyl (C=O) groups excluding carboxylic acids is 1. The summed E-state index contributed by atoms with van der Waals surface area (Å²) in [6.07, 6.45) is 1.49. The summed E-state index contributed by atoms with van der Waals surface area (Å²) in [7, 11) is -2.24. The predicted octanol–water partition coefficient (Wildman–Crippen LogP) is 5.02. The first-order valence-electron chi connectivity index (χ1n) is 9.95. The number of anilines is 1. The van der Waals surface area contributed by atoms with E-state index in [1.807, 2.05) is 35.9 Å². The van der Waals surface area contributed by atoms with E-state index in [2.05, 4.69) is 11.6 Å². The number of aryl methyl sites for hydroxylation is 1. The number of halogens is 1. The minimum Gasteiger partial charge on any atom is -0.319 e. The van der Waals surface area contributed by atoms with Gasteiger partial charge in [-0.05, 0) is 42.5 Å². The number of sulfonamides is 1. The fourth-order valence-corrected chi connectivity index (χ4v) is 6.30. The summed E-state index contributed by atoms with van der Waals surface area (Å²) in [6.45, 7) is 3.71. The molecule has 0 radical (unpaired) electrons. The summed E-state index contributed by atoms with van der Waals surface area (Å²) < 4.78 is 31.0. The van der Waals surface area contributed by atoms with Crippen molar-refractivity contribution in [3.05, 3.63) is 101 Å². The maximum absolute atomic E-state index is 13.5. The third kappa shape index (κ3) is 4.50. The van der Waals surface area contributed by atoms with Crippen LogP contribution in [-0.4, -0.2) is 25.4 Å². The van der Waals surface area contributed by atoms with Crippen molar-refractivity contribution in [1.82, 2.24) is 4.57 Å². The number of nitrogens with zero attached hydrogens (tertiary/aromatic N) is 3. The van der Waals surface area contributed by atoms with Crippen molar-refractivity contribution in [3.8, 4) is 0 Å². The molecule has 0 unspecified atom stereocenters. The Labute approximate surface area is 200 Å². The summed E-state index contributed by atoms with van der Waals surface area (Å²) in [4.78, 5) is 17.5. The van der Waals surface area contributed by atoms with Crippen molar-refractivity contribution < 1.29 is 13.2 Å². The molecule has 0 aliphatic carbocycles. The van der Waals surface area contributed by atoms with Crippen molar-refractivity contribution in [1.29, 1.82) is 0 Å². The lowest BCUT2D eigenvalue weighted by Crippen LogP contribution is -2.31. The van der Waals surface area contributed by atoms with E-state index in [9.17, 15) is 13.2 Å². The zero-order valence-corrected chi connectivity index (χ0v) is 20.1. The molecule has 0 atom stereocenters. The van der Waals surface area contributed by atoms with Crippen LogP contribution in [-0.2, 0) is 17.1 Å². The number of para-hydroxylation sites is 2. The molecule has 4 rings (SSSR count). The molecule has 0 N–H and O–H groups in total. The zero-order chi connectivity index (χ0) is 23.6. The number of hydrogen-bond acceptors (Lipinski definition) is 4. The van der Waals surface area contributed by atoms with Crippen LogP contribution in [0.5, 0.6) is 0 Å². The third-order valence-electron chi connectivity index (χ3n) is 5.00. The normalized spacial score (nSPS) is 12.1. The second-order valence-corrected chi connectivity index (χ2v) is 10.4. The van der Waals surface area contributed by atoms with Gasteiger partial charge in [0.15, 0.2) is 4.80 Å². The molecule has 1 amide bonds. The van der Waals surface area contributed by atoms with Crippen LogP contribution in [0, 0.1) is 0 Å². The van der Waals surface area contributed by atoms with E-state index in [1.165, 1.54) is 39.9 Å². The highest BCUT2D eigenvalue weighted by atomic mass is 35.5. The largest absolute Gasteiger partial charge is 0.319 e. The van der Waals surface area contributed by atoms with Crippen LogP contribution in [0.1, 0.15) is 10.4 Å². The van der Waals surface area contributed by atoms with E-state index in [0.717, 1.165) is 10.2 Å². The molecule has 0 saturated carbocycles. The molecule has 168 valence electrons. The maximum atomic E-state index is 13.5. The van der Waals surface area contributed by atoms with Crippen molar-refractivity contribution in [3.63, 3.8) is 0 Å². The van der Waals surface area contributed by atoms with Crippen LogP contribution in [0.3, 0.4) is 0 Å². The summed E-state index contributed by atoms with van der Waals surface area (Å²) in [5.41, 5.74) is 1.55. The van der Waals surface area contributed by atoms with E-state index in [-0.39, 0.29) is 22.0 Å². The molecule has 6 nitrogen and oxygen atoms in total. The van der Waals surface area contributed by atoms with Gasteiger partial charge in [-0.25, -0.2) is 8.42 Å². The fourth-order valence-electron chi connectivity index (χ4n) is 3.35. The van der Waals surface area contributed by atoms with Gasteiger partial charge in [0.25, 0.3) is 15.9 Å². The first-order chi connectivity index (χ1) is 15.8. The predicted molar refractivity (Wildman–Crippen MR) is 133 cm³/mol. The summed E-state index contributed by atoms with van der Waals surface area (Å²) in [5, 5.41) is 0.0176. The quantitative estimate of drug-likeness (QED) is 0.351. The van der Waals surface area contributed by atoms with Gasteiger partial charge in [0.05, 0.1) is 27.5 Å². The number of thiazole rings is 1. The lowest BCUT2D eigenvalue weighted by molar-refractivity contribution is 0.0997. The van der Waals surface area contributed by atoms with Gasteiger partial charge in [-0.1, -0.05) is 59.3 Å². The second-order valence-electron chi connectivity index (χ2n) is 7.13. The molecule has 1 aromatic heterocycles. The summed E-state index contributed by atoms with van der Waals surface area (Å²) in [5.74, 6) is -0.555. The molecule has 0 spiro atoms. The molecule has 9 heteroatoms. The molecule has 0 saturated heterocycles. The SMILES string of the molecule is C=CCN(c1ccccc1)S(=O)(=O)c1cc(C(=O)N=c2sc3ccccc3n2C)ccc1Cl. The standard InChI is InChI=1S/C24H20ClN3O3S2/c1-3-15-28(18-9-5-4-6-10-18)33(30,31)22-16-17(13-14-19(22)25)23(29)26-24-27(2)20-11-7-8-12-21(20)32-24/h3-14,16H,1,15H2,2H3. The lowest BCUT2D eigenvalue weighted by Gasteiger charge is -2.23. The minimum atomic E-state index is -4.07. The van der Waals surface area contributed by atoms with E-state index in [0.29, 0.717) is 10.5 Å². The topological polar surface area (TPSA) is 71.7 Å². The summed E-state index contributed by atoms with van der Waals surface area (Å²) in [6, 6.07) is 20.5. The first kappa shape index (κ1) is 23.0. The molecule has 3 aromatic carbocycles. The first-order valence-corrected chi connectivity index (χ1v) is 12.6. The van der Waals surface area contributed by atoms with E-state index in [1.54, 1.807) is 30.3 Å². The Kier molecular flexibility index (Phi) is 6.51. The van der Waals surface area contributed by atoms with Crippen LogP contribution in [0.25, 0.3) is 10.2 Å². The Hall–Kier alpha value is -3.20. The smallest absolute Gasteiger partial charge is 0.279 e. The number of aromatic nitrogens is 1. The van der Waals surface area contributed by atoms with Crippen molar-refractivity contribution in [2.45, 2.75) is 4.90 Å². The highest BCUT2D eigenvalue weighted by Crippen LogP contribution is 2.29. The maximum Gasteiger partial charge on any atom is 0.279 e. The van der Waals surface area contributed by atoms with Crippen molar-refractivity contribution in [2.75, 3.05) is 10.8 Å². The number of hydrogen-bond donors (Lipinski definition) is 0. The van der Waals surface area contributed by atoms with Crippen LogP contribution in [0.2, 0.25) is 5.02 Å². The van der Waals surface area contributed by atoms with E-state index < -0.39 is 15.9 Å². The van der Waals surface area contributed by atoms with Gasteiger partial charge < -0.3 is 4.57 Å². The van der Waals surface area contributed by atoms with Gasteiger partial charge in [0.1, 0.15) is 4.90 Å². The van der Waals surface area contributed by atoms with Gasteiger partial charge in [-0.2, -0.15) is 4.99 Å². The van der Waals surface area contributed by atoms with Gasteiger partial charge in [0.2, 0.25) is 0 Å². The number of fused-ring (bicyclic) bond motifs is 1. The molecule has 0 aliphatic heterocycles. The Morgan fingerprint density at radius 2 is 1.82 bits per heavy atom. The van der Waals surface area contributed by atoms with Crippen LogP contribution in [0.15, 0.2) is 95.3 Å². The van der Waals surface area contributed by atoms with Crippen molar-refractivity contribution >= 4 is 54.8 Å². The van der Waals surface area contributed by atoms with Crippen LogP contribution >= 0.6 is 22.9 Å². The molecular weight excluding hydrogens is 478 g/mol. The van der Waals surface area contributed by atoms with Gasteiger partial charge in [0, 0.05) is 12.6 Å². The monoisotopic (exact) mass is 497 g/mol. The molecular formula is C24H20ClN3O3S2. The van der Waals surface area contributed by atoms with Gasteiger partial charge in [-0.15, -0.1) is 6.58 Å². The second kappa shape index (κ2) is 9.35.